The number of hydrogen-bond donors (Lipinski definition) is 1. The third kappa shape index (κ3) is 2.99. The van der Waals surface area contributed by atoms with Crippen LogP contribution in [0.2, 0.25) is 0 Å². The standard InChI is InChI=1S/C20H16N2O3S/c1-3-12-5-7-16-13(9-12)15(23)10-17(25-16)19(24)22-20-21-14-6-4-11(2)8-18(14)26-20/h4-10H,3H2,1-2H3,(H,21,22,24). The molecule has 4 rings (SSSR count). The van der Waals surface area contributed by atoms with E-state index in [2.05, 4.69) is 10.3 Å². The van der Waals surface area contributed by atoms with E-state index in [0.717, 1.165) is 27.8 Å². The number of carbonyl (C=O) groups excluding carboxylic acids is 1. The van der Waals surface area contributed by atoms with E-state index in [1.165, 1.54) is 17.4 Å². The van der Waals surface area contributed by atoms with E-state index < -0.39 is 5.91 Å². The third-order valence-corrected chi connectivity index (χ3v) is 5.12. The number of benzene rings is 2. The first-order valence-corrected chi connectivity index (χ1v) is 9.10. The molecule has 0 unspecified atom stereocenters. The van der Waals surface area contributed by atoms with Gasteiger partial charge in [0, 0.05) is 6.07 Å². The zero-order chi connectivity index (χ0) is 18.3. The highest BCUT2D eigenvalue weighted by Crippen LogP contribution is 2.27. The van der Waals surface area contributed by atoms with Crippen LogP contribution in [0.4, 0.5) is 5.13 Å². The lowest BCUT2D eigenvalue weighted by Gasteiger charge is -2.04. The van der Waals surface area contributed by atoms with Crippen molar-refractivity contribution in [3.05, 3.63) is 69.6 Å². The molecule has 0 bridgehead atoms. The molecule has 2 aromatic carbocycles. The highest BCUT2D eigenvalue weighted by atomic mass is 32.1. The molecule has 0 atom stereocenters. The summed E-state index contributed by atoms with van der Waals surface area (Å²) >= 11 is 1.38. The number of nitrogens with one attached hydrogen (secondary N) is 1. The van der Waals surface area contributed by atoms with Crippen LogP contribution in [-0.2, 0) is 6.42 Å². The number of aryl methyl sites for hydroxylation is 2. The van der Waals surface area contributed by atoms with Gasteiger partial charge in [0.2, 0.25) is 0 Å². The Morgan fingerprint density at radius 1 is 1.19 bits per heavy atom. The molecule has 6 heteroatoms. The number of fused-ring (bicyclic) bond motifs is 2. The molecule has 0 radical (unpaired) electrons. The molecule has 26 heavy (non-hydrogen) atoms. The molecule has 0 fully saturated rings. The molecule has 0 aliphatic rings. The van der Waals surface area contributed by atoms with Crippen LogP contribution < -0.4 is 10.7 Å². The molecule has 130 valence electrons. The van der Waals surface area contributed by atoms with Crippen LogP contribution in [0.25, 0.3) is 21.2 Å². The van der Waals surface area contributed by atoms with Gasteiger partial charge in [-0.3, -0.25) is 14.9 Å². The van der Waals surface area contributed by atoms with E-state index in [1.807, 2.05) is 38.1 Å². The Balaban J connectivity index is 1.67. The molecule has 1 amide bonds. The van der Waals surface area contributed by atoms with Crippen LogP contribution in [0.1, 0.15) is 28.6 Å². The Hall–Kier alpha value is -2.99. The second-order valence-corrected chi connectivity index (χ2v) is 7.13. The van der Waals surface area contributed by atoms with Crippen molar-refractivity contribution in [3.63, 3.8) is 0 Å². The lowest BCUT2D eigenvalue weighted by atomic mass is 10.1. The summed E-state index contributed by atoms with van der Waals surface area (Å²) in [6, 6.07) is 12.6. The monoisotopic (exact) mass is 364 g/mol. The average molecular weight is 364 g/mol. The van der Waals surface area contributed by atoms with E-state index >= 15 is 0 Å². The molecule has 1 N–H and O–H groups in total. The van der Waals surface area contributed by atoms with Crippen LogP contribution in [0, 0.1) is 6.92 Å². The molecular formula is C20H16N2O3S. The zero-order valence-corrected chi connectivity index (χ0v) is 15.1. The van der Waals surface area contributed by atoms with Crippen molar-refractivity contribution >= 4 is 43.6 Å². The number of hydrogen-bond acceptors (Lipinski definition) is 5. The molecule has 2 heterocycles. The van der Waals surface area contributed by atoms with Crippen LogP contribution >= 0.6 is 11.3 Å². The van der Waals surface area contributed by atoms with Crippen molar-refractivity contribution in [2.75, 3.05) is 5.32 Å². The highest BCUT2D eigenvalue weighted by Gasteiger charge is 2.15. The Morgan fingerprint density at radius 3 is 2.85 bits per heavy atom. The van der Waals surface area contributed by atoms with Crippen LogP contribution in [0.3, 0.4) is 0 Å². The first-order chi connectivity index (χ1) is 12.5. The van der Waals surface area contributed by atoms with Gasteiger partial charge in [-0.05, 0) is 48.7 Å². The van der Waals surface area contributed by atoms with E-state index in [4.69, 9.17) is 4.42 Å². The molecular weight excluding hydrogens is 348 g/mol. The average Bonchev–Trinajstić information content (AvgIpc) is 3.02. The predicted octanol–water partition coefficient (Wildman–Crippen LogP) is 4.53. The summed E-state index contributed by atoms with van der Waals surface area (Å²) in [5.41, 5.74) is 3.17. The van der Waals surface area contributed by atoms with Crippen molar-refractivity contribution in [1.82, 2.24) is 4.98 Å². The zero-order valence-electron chi connectivity index (χ0n) is 14.3. The van der Waals surface area contributed by atoms with Gasteiger partial charge in [-0.1, -0.05) is 30.4 Å². The topological polar surface area (TPSA) is 72.2 Å². The van der Waals surface area contributed by atoms with Crippen molar-refractivity contribution in [1.29, 1.82) is 0 Å². The van der Waals surface area contributed by atoms with Crippen molar-refractivity contribution in [3.8, 4) is 0 Å². The number of anilines is 1. The second-order valence-electron chi connectivity index (χ2n) is 6.10. The number of thiazole rings is 1. The molecule has 2 aromatic heterocycles. The lowest BCUT2D eigenvalue weighted by Crippen LogP contribution is -2.14. The Labute approximate surface area is 153 Å². The Morgan fingerprint density at radius 2 is 2.04 bits per heavy atom. The summed E-state index contributed by atoms with van der Waals surface area (Å²) in [4.78, 5) is 29.2. The van der Waals surface area contributed by atoms with E-state index in [1.54, 1.807) is 12.1 Å². The molecule has 0 aliphatic carbocycles. The first kappa shape index (κ1) is 16.5. The van der Waals surface area contributed by atoms with Crippen molar-refractivity contribution in [2.24, 2.45) is 0 Å². The van der Waals surface area contributed by atoms with Crippen molar-refractivity contribution in [2.45, 2.75) is 20.3 Å². The van der Waals surface area contributed by atoms with E-state index in [0.29, 0.717) is 16.1 Å². The third-order valence-electron chi connectivity index (χ3n) is 4.19. The summed E-state index contributed by atoms with van der Waals surface area (Å²) in [6.45, 7) is 4.02. The summed E-state index contributed by atoms with van der Waals surface area (Å²) in [6.07, 6.45) is 0.828. The first-order valence-electron chi connectivity index (χ1n) is 8.29. The molecule has 4 aromatic rings. The minimum atomic E-state index is -0.487. The van der Waals surface area contributed by atoms with Crippen LogP contribution in [0.15, 0.2) is 51.7 Å². The smallest absolute Gasteiger partial charge is 0.293 e. The Bertz CT molecular complexity index is 1210. The van der Waals surface area contributed by atoms with Gasteiger partial charge < -0.3 is 4.42 Å². The highest BCUT2D eigenvalue weighted by molar-refractivity contribution is 7.22. The van der Waals surface area contributed by atoms with E-state index in [9.17, 15) is 9.59 Å². The van der Waals surface area contributed by atoms with Gasteiger partial charge in [0.25, 0.3) is 5.91 Å². The maximum Gasteiger partial charge on any atom is 0.293 e. The van der Waals surface area contributed by atoms with E-state index in [-0.39, 0.29) is 11.2 Å². The molecule has 0 aliphatic heterocycles. The van der Waals surface area contributed by atoms with Crippen LogP contribution in [-0.4, -0.2) is 10.9 Å². The van der Waals surface area contributed by atoms with Gasteiger partial charge in [0.1, 0.15) is 5.58 Å². The summed E-state index contributed by atoms with van der Waals surface area (Å²) in [5.74, 6) is -0.512. The molecule has 5 nitrogen and oxygen atoms in total. The minimum absolute atomic E-state index is 0.0258. The SMILES string of the molecule is CCc1ccc2oc(C(=O)Nc3nc4ccc(C)cc4s3)cc(=O)c2c1. The number of aromatic nitrogens is 1. The predicted molar refractivity (Wildman–Crippen MR) is 104 cm³/mol. The van der Waals surface area contributed by atoms with Crippen LogP contribution in [0.5, 0.6) is 0 Å². The molecule has 0 spiro atoms. The number of rotatable bonds is 3. The summed E-state index contributed by atoms with van der Waals surface area (Å²) in [5, 5.41) is 3.67. The fourth-order valence-corrected chi connectivity index (χ4v) is 3.74. The largest absolute Gasteiger partial charge is 0.451 e. The molecule has 0 saturated carbocycles. The van der Waals surface area contributed by atoms with Gasteiger partial charge in [0.05, 0.1) is 15.6 Å². The van der Waals surface area contributed by atoms with Gasteiger partial charge >= 0.3 is 0 Å². The fourth-order valence-electron chi connectivity index (χ4n) is 2.78. The summed E-state index contributed by atoms with van der Waals surface area (Å²) < 4.78 is 6.63. The fraction of sp³-hybridized carbons (Fsp3) is 0.150. The maximum atomic E-state index is 12.5. The maximum absolute atomic E-state index is 12.5. The number of amides is 1. The summed E-state index contributed by atoms with van der Waals surface area (Å²) in [7, 11) is 0. The second kappa shape index (κ2) is 6.38. The van der Waals surface area contributed by atoms with Gasteiger partial charge in [-0.2, -0.15) is 0 Å². The number of nitrogens with zero attached hydrogens (tertiary/aromatic N) is 1. The van der Waals surface area contributed by atoms with Gasteiger partial charge in [0.15, 0.2) is 16.3 Å². The Kier molecular flexibility index (Phi) is 4.05. The minimum Gasteiger partial charge on any atom is -0.451 e. The normalized spacial score (nSPS) is 11.2. The lowest BCUT2D eigenvalue weighted by molar-refractivity contribution is 0.0997. The van der Waals surface area contributed by atoms with Gasteiger partial charge in [-0.25, -0.2) is 4.98 Å². The van der Waals surface area contributed by atoms with Gasteiger partial charge in [-0.15, -0.1) is 0 Å². The molecule has 0 saturated heterocycles. The number of carbonyl (C=O) groups is 1. The quantitative estimate of drug-likeness (QED) is 0.580. The van der Waals surface area contributed by atoms with Crippen molar-refractivity contribution < 1.29 is 9.21 Å².